The van der Waals surface area contributed by atoms with Gasteiger partial charge in [-0.3, -0.25) is 0 Å². The van der Waals surface area contributed by atoms with Gasteiger partial charge in [-0.15, -0.1) is 22.7 Å². The molecular formula is C58H53BN2S2. The number of anilines is 3. The van der Waals surface area contributed by atoms with E-state index in [0.717, 1.165) is 7.28 Å². The highest BCUT2D eigenvalue weighted by Crippen LogP contribution is 2.55. The van der Waals surface area contributed by atoms with Crippen molar-refractivity contribution in [1.29, 1.82) is 0 Å². The van der Waals surface area contributed by atoms with Crippen LogP contribution in [0.25, 0.3) is 74.0 Å². The number of nitrogens with one attached hydrogen (secondary N) is 1. The number of hydrogen-bond donors (Lipinski definition) is 1. The summed E-state index contributed by atoms with van der Waals surface area (Å²) in [6.45, 7) is 19.8. The molecule has 10 aromatic rings. The summed E-state index contributed by atoms with van der Waals surface area (Å²) in [5.41, 5.74) is 17.0. The number of fused-ring (bicyclic) bond motifs is 14. The van der Waals surface area contributed by atoms with E-state index < -0.39 is 0 Å². The van der Waals surface area contributed by atoms with E-state index in [1.54, 1.807) is 0 Å². The molecule has 0 saturated heterocycles. The van der Waals surface area contributed by atoms with E-state index in [4.69, 9.17) is 0 Å². The number of para-hydroxylation sites is 1. The fourth-order valence-corrected chi connectivity index (χ4v) is 14.6. The Morgan fingerprint density at radius 1 is 0.492 bits per heavy atom. The summed E-state index contributed by atoms with van der Waals surface area (Å²) in [4.78, 5) is 6.76. The van der Waals surface area contributed by atoms with E-state index in [9.17, 15) is 0 Å². The van der Waals surface area contributed by atoms with Gasteiger partial charge in [0, 0.05) is 57.8 Å². The quantitative estimate of drug-likeness (QED) is 0.172. The minimum atomic E-state index is 0.0794. The summed E-state index contributed by atoms with van der Waals surface area (Å²) in [7, 11) is 0.886. The van der Waals surface area contributed by atoms with Crippen LogP contribution in [0.2, 0.25) is 0 Å². The van der Waals surface area contributed by atoms with E-state index in [-0.39, 0.29) is 21.7 Å². The Morgan fingerprint density at radius 2 is 1.14 bits per heavy atom. The Labute approximate surface area is 379 Å². The van der Waals surface area contributed by atoms with Crippen LogP contribution in [0.3, 0.4) is 0 Å². The number of rotatable bonds is 2. The van der Waals surface area contributed by atoms with Crippen molar-refractivity contribution in [1.82, 2.24) is 4.98 Å². The molecule has 3 aromatic heterocycles. The van der Waals surface area contributed by atoms with Gasteiger partial charge in [0.2, 0.25) is 7.28 Å². The molecule has 13 rings (SSSR count). The second kappa shape index (κ2) is 12.7. The molecule has 0 spiro atoms. The Kier molecular flexibility index (Phi) is 7.67. The summed E-state index contributed by atoms with van der Waals surface area (Å²) in [6.07, 6.45) is 4.80. The minimum absolute atomic E-state index is 0.0794. The highest BCUT2D eigenvalue weighted by Gasteiger charge is 2.42. The van der Waals surface area contributed by atoms with Gasteiger partial charge >= 0.3 is 0 Å². The molecule has 0 atom stereocenters. The molecular weight excluding hydrogens is 800 g/mol. The Bertz CT molecular complexity index is 3630. The van der Waals surface area contributed by atoms with E-state index in [1.807, 2.05) is 22.7 Å². The maximum Gasteiger partial charge on any atom is 0.211 e. The van der Waals surface area contributed by atoms with Crippen LogP contribution >= 0.6 is 22.7 Å². The van der Waals surface area contributed by atoms with Crippen molar-refractivity contribution in [2.24, 2.45) is 0 Å². The van der Waals surface area contributed by atoms with Crippen LogP contribution in [0.5, 0.6) is 0 Å². The molecule has 0 bridgehead atoms. The van der Waals surface area contributed by atoms with Crippen LogP contribution in [-0.4, -0.2) is 12.3 Å². The first kappa shape index (κ1) is 38.1. The molecule has 0 fully saturated rings. The Balaban J connectivity index is 1.16. The van der Waals surface area contributed by atoms with Crippen molar-refractivity contribution in [3.05, 3.63) is 138 Å². The van der Waals surface area contributed by atoms with Gasteiger partial charge in [-0.25, -0.2) is 0 Å². The number of nitrogens with zero attached hydrogens (tertiary/aromatic N) is 1. The minimum Gasteiger partial charge on any atom is -0.354 e. The van der Waals surface area contributed by atoms with Gasteiger partial charge in [-0.1, -0.05) is 122 Å². The van der Waals surface area contributed by atoms with Gasteiger partial charge < -0.3 is 9.88 Å². The maximum atomic E-state index is 3.99. The molecule has 4 heterocycles. The molecule has 0 radical (unpaired) electrons. The number of aromatic amines is 1. The zero-order chi connectivity index (χ0) is 42.9. The van der Waals surface area contributed by atoms with E-state index in [1.165, 1.54) is 149 Å². The van der Waals surface area contributed by atoms with Crippen molar-refractivity contribution < 1.29 is 0 Å². The normalized spacial score (nSPS) is 18.2. The van der Waals surface area contributed by atoms with Crippen molar-refractivity contribution in [2.45, 2.75) is 103 Å². The molecule has 1 aliphatic heterocycles. The predicted molar refractivity (Wildman–Crippen MR) is 279 cm³/mol. The zero-order valence-electron chi connectivity index (χ0n) is 37.8. The molecule has 63 heavy (non-hydrogen) atoms. The lowest BCUT2D eigenvalue weighted by molar-refractivity contribution is 0.332. The Hall–Kier alpha value is -5.36. The summed E-state index contributed by atoms with van der Waals surface area (Å²) < 4.78 is 5.56. The van der Waals surface area contributed by atoms with Gasteiger partial charge in [0.25, 0.3) is 0 Å². The highest BCUT2D eigenvalue weighted by atomic mass is 32.1. The summed E-state index contributed by atoms with van der Waals surface area (Å²) in [5, 5.41) is 9.24. The van der Waals surface area contributed by atoms with E-state index in [0.29, 0.717) is 0 Å². The predicted octanol–water partition coefficient (Wildman–Crippen LogP) is 15.6. The van der Waals surface area contributed by atoms with Crippen LogP contribution in [0.15, 0.2) is 115 Å². The van der Waals surface area contributed by atoms with Gasteiger partial charge in [0.1, 0.15) is 0 Å². The molecule has 7 aromatic carbocycles. The smallest absolute Gasteiger partial charge is 0.211 e. The third kappa shape index (κ3) is 5.36. The van der Waals surface area contributed by atoms with Gasteiger partial charge in [0.15, 0.2) is 0 Å². The molecule has 2 nitrogen and oxygen atoms in total. The molecule has 5 heteroatoms. The van der Waals surface area contributed by atoms with Crippen molar-refractivity contribution in [3.63, 3.8) is 0 Å². The Morgan fingerprint density at radius 3 is 1.90 bits per heavy atom. The molecule has 0 amide bonds. The fraction of sp³-hybridized carbons (Fsp3) is 0.276. The number of H-pyrrole nitrogens is 1. The lowest BCUT2D eigenvalue weighted by atomic mass is 9.61. The third-order valence-electron chi connectivity index (χ3n) is 16.1. The van der Waals surface area contributed by atoms with E-state index >= 15 is 0 Å². The summed E-state index contributed by atoms with van der Waals surface area (Å²) in [6, 6.07) is 45.0. The van der Waals surface area contributed by atoms with E-state index in [2.05, 4.69) is 181 Å². The first-order valence-corrected chi connectivity index (χ1v) is 24.8. The largest absolute Gasteiger partial charge is 0.354 e. The van der Waals surface area contributed by atoms with Crippen LogP contribution < -0.4 is 15.1 Å². The lowest BCUT2D eigenvalue weighted by Gasteiger charge is -2.43. The average molecular weight is 853 g/mol. The molecule has 0 unspecified atom stereocenters. The SMILES string of the molecule is CC1(C)CCC(C)(C)c2cc(N3c4c(sc5cc6c(cc45)C(C)(C)CCC6(C)C)Bc4c(-c5cccc6c5[nH]c5cc7ccccc7cc56)cc5sc6ccccc6c5c43)ccc21. The number of hydrogen-bond acceptors (Lipinski definition) is 3. The highest BCUT2D eigenvalue weighted by molar-refractivity contribution is 7.30. The van der Waals surface area contributed by atoms with Gasteiger partial charge in [0.05, 0.1) is 16.9 Å². The molecule has 1 N–H and O–H groups in total. The van der Waals surface area contributed by atoms with Crippen LogP contribution in [-0.2, 0) is 21.7 Å². The van der Waals surface area contributed by atoms with Gasteiger partial charge in [-0.05, 0) is 145 Å². The van der Waals surface area contributed by atoms with Crippen molar-refractivity contribution in [2.75, 3.05) is 4.90 Å². The topological polar surface area (TPSA) is 19.0 Å². The van der Waals surface area contributed by atoms with Crippen molar-refractivity contribution in [3.8, 4) is 11.1 Å². The van der Waals surface area contributed by atoms with Gasteiger partial charge in [-0.2, -0.15) is 0 Å². The zero-order valence-corrected chi connectivity index (χ0v) is 39.4. The van der Waals surface area contributed by atoms with Crippen molar-refractivity contribution >= 4 is 120 Å². The summed E-state index contributed by atoms with van der Waals surface area (Å²) >= 11 is 3.99. The molecule has 3 aliphatic rings. The second-order valence-corrected chi connectivity index (χ2v) is 24.1. The average Bonchev–Trinajstić information content (AvgIpc) is 3.95. The van der Waals surface area contributed by atoms with Crippen LogP contribution in [0.4, 0.5) is 17.1 Å². The van der Waals surface area contributed by atoms with Crippen LogP contribution in [0.1, 0.15) is 103 Å². The second-order valence-electron chi connectivity index (χ2n) is 21.9. The number of aromatic nitrogens is 1. The van der Waals surface area contributed by atoms with Crippen LogP contribution in [0, 0.1) is 0 Å². The molecule has 0 saturated carbocycles. The standard InChI is InChI=1S/C58H53BN2S2/c1-55(2)22-23-56(3,4)42-28-34(20-21-41(42)55)61-52-40-29-43-44(58(7,8)25-24-57(43,5)6)31-47(40)63-54(52)59-50-39(30-48-49(53(50)61)37-16-11-12-19-46(37)62-48)36-18-13-17-35-38-26-32-14-9-10-15-33(32)27-45(38)60-51(35)36/h9-21,26-31,59-60H,22-25H2,1-8H3. The summed E-state index contributed by atoms with van der Waals surface area (Å²) in [5.74, 6) is 0. The fourth-order valence-electron chi connectivity index (χ4n) is 12.2. The first-order chi connectivity index (χ1) is 30.2. The third-order valence-corrected chi connectivity index (χ3v) is 18.4. The lowest BCUT2D eigenvalue weighted by Crippen LogP contribution is -2.40. The maximum absolute atomic E-state index is 3.99. The number of thiophene rings is 2. The molecule has 2 aliphatic carbocycles. The monoisotopic (exact) mass is 852 g/mol. The first-order valence-electron chi connectivity index (χ1n) is 23.1. The number of benzene rings is 7. The molecule has 310 valence electrons.